The first kappa shape index (κ1) is 18.5. The molecule has 1 rings (SSSR count). The summed E-state index contributed by atoms with van der Waals surface area (Å²) in [6.45, 7) is 3.91. The fourth-order valence-electron chi connectivity index (χ4n) is 1.72. The molecule has 0 atom stereocenters. The molecule has 0 aromatic heterocycles. The molecule has 3 N–H and O–H groups in total. The molecule has 0 aliphatic carbocycles. The number of amides is 4. The number of hydrogen-bond donors (Lipinski definition) is 2. The minimum Gasteiger partial charge on any atom is -0.444 e. The van der Waals surface area contributed by atoms with Gasteiger partial charge in [-0.05, 0) is 17.9 Å². The van der Waals surface area contributed by atoms with E-state index in [1.165, 1.54) is 0 Å². The normalized spacial score (nSPS) is 10.2. The number of primary amides is 1. The quantitative estimate of drug-likeness (QED) is 0.800. The Morgan fingerprint density at radius 1 is 1.22 bits per heavy atom. The maximum absolute atomic E-state index is 12.1. The summed E-state index contributed by atoms with van der Waals surface area (Å²) in [6, 6.07) is 8.47. The second kappa shape index (κ2) is 9.45. The Bertz CT molecular complexity index is 531. The van der Waals surface area contributed by atoms with Gasteiger partial charge in [-0.15, -0.1) is 0 Å². The van der Waals surface area contributed by atoms with Gasteiger partial charge in [0.1, 0.15) is 6.61 Å². The van der Waals surface area contributed by atoms with Crippen molar-refractivity contribution in [2.24, 2.45) is 11.7 Å². The van der Waals surface area contributed by atoms with Gasteiger partial charge in [0.15, 0.2) is 0 Å². The van der Waals surface area contributed by atoms with Crippen LogP contribution in [0.1, 0.15) is 25.8 Å². The number of urea groups is 1. The Morgan fingerprint density at radius 2 is 1.87 bits per heavy atom. The van der Waals surface area contributed by atoms with Crippen LogP contribution >= 0.6 is 0 Å². The summed E-state index contributed by atoms with van der Waals surface area (Å²) < 4.78 is 5.16. The first-order chi connectivity index (χ1) is 10.9. The average Bonchev–Trinajstić information content (AvgIpc) is 2.51. The molecule has 0 unspecified atom stereocenters. The zero-order chi connectivity index (χ0) is 17.2. The van der Waals surface area contributed by atoms with Crippen LogP contribution in [0.2, 0.25) is 0 Å². The minimum absolute atomic E-state index is 0.0704. The molecule has 1 aromatic carbocycles. The number of benzene rings is 1. The molecule has 0 aliphatic rings. The summed E-state index contributed by atoms with van der Waals surface area (Å²) in [5, 5.41) is 2.30. The molecular formula is C16H23N3O4. The monoisotopic (exact) mass is 321 g/mol. The van der Waals surface area contributed by atoms with Crippen molar-refractivity contribution in [2.45, 2.75) is 26.9 Å². The first-order valence-corrected chi connectivity index (χ1v) is 7.44. The maximum atomic E-state index is 12.1. The highest BCUT2D eigenvalue weighted by atomic mass is 16.6. The highest BCUT2D eigenvalue weighted by Gasteiger charge is 2.23. The van der Waals surface area contributed by atoms with E-state index in [-0.39, 0.29) is 19.7 Å². The molecule has 0 bridgehead atoms. The van der Waals surface area contributed by atoms with Gasteiger partial charge in [-0.2, -0.15) is 0 Å². The molecule has 0 fully saturated rings. The van der Waals surface area contributed by atoms with Gasteiger partial charge in [0, 0.05) is 6.54 Å². The third-order valence-corrected chi connectivity index (χ3v) is 3.01. The van der Waals surface area contributed by atoms with Crippen molar-refractivity contribution in [3.63, 3.8) is 0 Å². The van der Waals surface area contributed by atoms with Gasteiger partial charge in [0.25, 0.3) is 0 Å². The Kier molecular flexibility index (Phi) is 7.59. The van der Waals surface area contributed by atoms with E-state index < -0.39 is 18.0 Å². The Morgan fingerprint density at radius 3 is 2.43 bits per heavy atom. The van der Waals surface area contributed by atoms with Crippen LogP contribution in [0.3, 0.4) is 0 Å². The van der Waals surface area contributed by atoms with Gasteiger partial charge >= 0.3 is 12.1 Å². The fourth-order valence-corrected chi connectivity index (χ4v) is 1.72. The molecule has 0 saturated carbocycles. The van der Waals surface area contributed by atoms with Crippen LogP contribution < -0.4 is 11.1 Å². The van der Waals surface area contributed by atoms with Crippen molar-refractivity contribution in [3.8, 4) is 0 Å². The molecular weight excluding hydrogens is 298 g/mol. The third-order valence-electron chi connectivity index (χ3n) is 3.01. The predicted molar refractivity (Wildman–Crippen MR) is 85.4 cm³/mol. The second-order valence-corrected chi connectivity index (χ2v) is 5.50. The fraction of sp³-hybridized carbons (Fsp3) is 0.438. The van der Waals surface area contributed by atoms with Crippen LogP contribution in [0, 0.1) is 5.92 Å². The van der Waals surface area contributed by atoms with E-state index in [0.29, 0.717) is 12.3 Å². The predicted octanol–water partition coefficient (Wildman–Crippen LogP) is 1.87. The molecule has 23 heavy (non-hydrogen) atoms. The number of imide groups is 1. The van der Waals surface area contributed by atoms with E-state index in [1.807, 2.05) is 44.2 Å². The van der Waals surface area contributed by atoms with E-state index in [0.717, 1.165) is 10.5 Å². The summed E-state index contributed by atoms with van der Waals surface area (Å²) in [6.07, 6.45) is -0.124. The van der Waals surface area contributed by atoms with Crippen molar-refractivity contribution in [3.05, 3.63) is 35.9 Å². The van der Waals surface area contributed by atoms with Crippen LogP contribution in [0.25, 0.3) is 0 Å². The van der Waals surface area contributed by atoms with Crippen molar-refractivity contribution in [2.75, 3.05) is 13.1 Å². The summed E-state index contributed by atoms with van der Waals surface area (Å²) in [4.78, 5) is 35.9. The van der Waals surface area contributed by atoms with E-state index in [4.69, 9.17) is 10.5 Å². The SMILES string of the molecule is CC(C)CCN(C(=O)NCC(N)=O)C(=O)OCc1ccccc1. The first-order valence-electron chi connectivity index (χ1n) is 7.44. The van der Waals surface area contributed by atoms with Crippen LogP contribution in [0.5, 0.6) is 0 Å². The number of hydrogen-bond acceptors (Lipinski definition) is 4. The summed E-state index contributed by atoms with van der Waals surface area (Å²) in [7, 11) is 0. The lowest BCUT2D eigenvalue weighted by atomic mass is 10.1. The average molecular weight is 321 g/mol. The molecule has 0 heterocycles. The molecule has 0 aliphatic heterocycles. The van der Waals surface area contributed by atoms with Gasteiger partial charge in [-0.25, -0.2) is 14.5 Å². The lowest BCUT2D eigenvalue weighted by molar-refractivity contribution is -0.117. The Balaban J connectivity index is 2.63. The number of ether oxygens (including phenoxy) is 1. The molecule has 126 valence electrons. The number of rotatable bonds is 7. The van der Waals surface area contributed by atoms with Crippen LogP contribution in [0.4, 0.5) is 9.59 Å². The smallest absolute Gasteiger partial charge is 0.418 e. The van der Waals surface area contributed by atoms with Crippen molar-refractivity contribution >= 4 is 18.0 Å². The van der Waals surface area contributed by atoms with Crippen molar-refractivity contribution < 1.29 is 19.1 Å². The number of nitrogens with one attached hydrogen (secondary N) is 1. The Labute approximate surface area is 135 Å². The van der Waals surface area contributed by atoms with Crippen molar-refractivity contribution in [1.29, 1.82) is 0 Å². The topological polar surface area (TPSA) is 102 Å². The van der Waals surface area contributed by atoms with E-state index in [2.05, 4.69) is 5.32 Å². The van der Waals surface area contributed by atoms with Gasteiger partial charge in [-0.3, -0.25) is 4.79 Å². The van der Waals surface area contributed by atoms with E-state index >= 15 is 0 Å². The molecule has 7 nitrogen and oxygen atoms in total. The van der Waals surface area contributed by atoms with E-state index in [9.17, 15) is 14.4 Å². The molecule has 0 saturated heterocycles. The molecule has 7 heteroatoms. The van der Waals surface area contributed by atoms with Gasteiger partial charge in [0.2, 0.25) is 5.91 Å². The summed E-state index contributed by atoms with van der Waals surface area (Å²) in [5.41, 5.74) is 5.81. The number of nitrogens with two attached hydrogens (primary N) is 1. The van der Waals surface area contributed by atoms with Crippen LogP contribution in [-0.2, 0) is 16.1 Å². The number of carbonyl (C=O) groups is 3. The molecule has 0 spiro atoms. The third kappa shape index (κ3) is 7.30. The zero-order valence-electron chi connectivity index (χ0n) is 13.5. The van der Waals surface area contributed by atoms with Gasteiger partial charge < -0.3 is 15.8 Å². The second-order valence-electron chi connectivity index (χ2n) is 5.50. The maximum Gasteiger partial charge on any atom is 0.418 e. The standard InChI is InChI=1S/C16H23N3O4/c1-12(2)8-9-19(15(21)18-10-14(17)20)16(22)23-11-13-6-4-3-5-7-13/h3-7,12H,8-11H2,1-2H3,(H2,17,20)(H,18,21). The van der Waals surface area contributed by atoms with Gasteiger partial charge in [0.05, 0.1) is 6.54 Å². The Hall–Kier alpha value is -2.57. The molecule has 4 amide bonds. The van der Waals surface area contributed by atoms with Gasteiger partial charge in [-0.1, -0.05) is 44.2 Å². The van der Waals surface area contributed by atoms with E-state index in [1.54, 1.807) is 0 Å². The molecule has 1 aromatic rings. The largest absolute Gasteiger partial charge is 0.444 e. The van der Waals surface area contributed by atoms with Crippen LogP contribution in [0.15, 0.2) is 30.3 Å². The number of nitrogens with zero attached hydrogens (tertiary/aromatic N) is 1. The molecule has 0 radical (unpaired) electrons. The summed E-state index contributed by atoms with van der Waals surface area (Å²) >= 11 is 0. The highest BCUT2D eigenvalue weighted by molar-refractivity contribution is 5.92. The number of carbonyl (C=O) groups excluding carboxylic acids is 3. The van der Waals surface area contributed by atoms with Crippen molar-refractivity contribution in [1.82, 2.24) is 10.2 Å². The highest BCUT2D eigenvalue weighted by Crippen LogP contribution is 2.07. The minimum atomic E-state index is -0.753. The summed E-state index contributed by atoms with van der Waals surface area (Å²) in [5.74, 6) is -0.372. The lowest BCUT2D eigenvalue weighted by Crippen LogP contribution is -2.47. The van der Waals surface area contributed by atoms with Crippen LogP contribution in [-0.4, -0.2) is 36.0 Å². The zero-order valence-corrected chi connectivity index (χ0v) is 13.5. The lowest BCUT2D eigenvalue weighted by Gasteiger charge is -2.21.